The molecule has 1 fully saturated rings. The highest BCUT2D eigenvalue weighted by Crippen LogP contribution is 2.33. The molecule has 0 saturated heterocycles. The predicted octanol–water partition coefficient (Wildman–Crippen LogP) is 2.47. The number of methoxy groups -OCH3 is 2. The van der Waals surface area contributed by atoms with E-state index in [1.165, 1.54) is 0 Å². The fourth-order valence-electron chi connectivity index (χ4n) is 2.82. The Morgan fingerprint density at radius 2 is 1.90 bits per heavy atom. The van der Waals surface area contributed by atoms with Gasteiger partial charge in [0.2, 0.25) is 5.91 Å². The predicted molar refractivity (Wildman–Crippen MR) is 82.8 cm³/mol. The molecule has 116 valence electrons. The summed E-state index contributed by atoms with van der Waals surface area (Å²) >= 11 is 0. The van der Waals surface area contributed by atoms with Crippen molar-refractivity contribution in [3.63, 3.8) is 0 Å². The third kappa shape index (κ3) is 3.67. The minimum Gasteiger partial charge on any atom is -0.493 e. The molecule has 0 heterocycles. The van der Waals surface area contributed by atoms with Gasteiger partial charge in [0.05, 0.1) is 14.2 Å². The number of rotatable bonds is 4. The van der Waals surface area contributed by atoms with Crippen LogP contribution in [0.2, 0.25) is 0 Å². The van der Waals surface area contributed by atoms with Gasteiger partial charge >= 0.3 is 0 Å². The number of hydrogen-bond acceptors (Lipinski definition) is 4. The summed E-state index contributed by atoms with van der Waals surface area (Å²) in [7, 11) is 3.18. The Balaban J connectivity index is 2.13. The molecule has 1 aromatic carbocycles. The van der Waals surface area contributed by atoms with E-state index in [4.69, 9.17) is 15.2 Å². The number of ether oxygens (including phenoxy) is 2. The van der Waals surface area contributed by atoms with Crippen molar-refractivity contribution in [2.45, 2.75) is 38.6 Å². The number of carbonyl (C=O) groups is 1. The lowest BCUT2D eigenvalue weighted by Gasteiger charge is -2.26. The van der Waals surface area contributed by atoms with Gasteiger partial charge in [0.1, 0.15) is 0 Å². The molecule has 0 aromatic heterocycles. The largest absolute Gasteiger partial charge is 0.493 e. The van der Waals surface area contributed by atoms with Gasteiger partial charge in [0.15, 0.2) is 11.5 Å². The second-order valence-electron chi connectivity index (χ2n) is 5.63. The van der Waals surface area contributed by atoms with Crippen LogP contribution in [-0.4, -0.2) is 26.2 Å². The van der Waals surface area contributed by atoms with E-state index in [2.05, 4.69) is 5.32 Å². The summed E-state index contributed by atoms with van der Waals surface area (Å²) < 4.78 is 10.5. The topological polar surface area (TPSA) is 73.6 Å². The number of benzene rings is 1. The average molecular weight is 292 g/mol. The Morgan fingerprint density at radius 1 is 1.24 bits per heavy atom. The van der Waals surface area contributed by atoms with Crippen molar-refractivity contribution < 1.29 is 14.3 Å². The lowest BCUT2D eigenvalue weighted by molar-refractivity contribution is -0.120. The van der Waals surface area contributed by atoms with Crippen LogP contribution < -0.4 is 20.5 Å². The number of hydrogen-bond donors (Lipinski definition) is 2. The van der Waals surface area contributed by atoms with Gasteiger partial charge in [0, 0.05) is 23.7 Å². The van der Waals surface area contributed by atoms with E-state index in [9.17, 15) is 4.79 Å². The first-order chi connectivity index (χ1) is 10.0. The summed E-state index contributed by atoms with van der Waals surface area (Å²) in [5.74, 6) is 1.31. The molecular weight excluding hydrogens is 268 g/mol. The first-order valence-corrected chi connectivity index (χ1v) is 7.34. The van der Waals surface area contributed by atoms with E-state index in [1.54, 1.807) is 20.3 Å². The van der Waals surface area contributed by atoms with Crippen molar-refractivity contribution in [1.29, 1.82) is 0 Å². The van der Waals surface area contributed by atoms with Crippen LogP contribution in [0.3, 0.4) is 0 Å². The second kappa shape index (κ2) is 6.80. The molecule has 5 nitrogen and oxygen atoms in total. The van der Waals surface area contributed by atoms with Crippen LogP contribution in [0.1, 0.15) is 31.2 Å². The first-order valence-electron chi connectivity index (χ1n) is 7.34. The molecular formula is C16H24N2O3. The van der Waals surface area contributed by atoms with Crippen molar-refractivity contribution in [2.75, 3.05) is 19.5 Å². The number of nitrogens with two attached hydrogens (primary N) is 1. The highest BCUT2D eigenvalue weighted by molar-refractivity contribution is 5.93. The van der Waals surface area contributed by atoms with E-state index in [0.717, 1.165) is 36.9 Å². The van der Waals surface area contributed by atoms with E-state index in [-0.39, 0.29) is 17.9 Å². The van der Waals surface area contributed by atoms with Crippen molar-refractivity contribution >= 4 is 11.6 Å². The van der Waals surface area contributed by atoms with Gasteiger partial charge < -0.3 is 20.5 Å². The van der Waals surface area contributed by atoms with Crippen LogP contribution in [0.25, 0.3) is 0 Å². The van der Waals surface area contributed by atoms with E-state index < -0.39 is 0 Å². The number of aryl methyl sites for hydroxylation is 1. The molecule has 2 unspecified atom stereocenters. The number of amides is 1. The average Bonchev–Trinajstić information content (AvgIpc) is 2.48. The molecule has 0 spiro atoms. The minimum absolute atomic E-state index is 0.00115. The minimum atomic E-state index is 0.00115. The summed E-state index contributed by atoms with van der Waals surface area (Å²) in [6.45, 7) is 1.93. The smallest absolute Gasteiger partial charge is 0.227 e. The maximum atomic E-state index is 12.4. The van der Waals surface area contributed by atoms with E-state index >= 15 is 0 Å². The third-order valence-electron chi connectivity index (χ3n) is 4.07. The first kappa shape index (κ1) is 15.6. The molecule has 1 aromatic rings. The number of anilines is 1. The van der Waals surface area contributed by atoms with Gasteiger partial charge in [-0.15, -0.1) is 0 Å². The van der Waals surface area contributed by atoms with Gasteiger partial charge in [-0.25, -0.2) is 0 Å². The second-order valence-corrected chi connectivity index (χ2v) is 5.63. The van der Waals surface area contributed by atoms with Crippen molar-refractivity contribution in [3.05, 3.63) is 17.7 Å². The van der Waals surface area contributed by atoms with Crippen LogP contribution in [0, 0.1) is 12.8 Å². The summed E-state index contributed by atoms with van der Waals surface area (Å²) in [5.41, 5.74) is 7.66. The summed E-state index contributed by atoms with van der Waals surface area (Å²) in [6.07, 6.45) is 3.70. The highest BCUT2D eigenvalue weighted by Gasteiger charge is 2.25. The van der Waals surface area contributed by atoms with Gasteiger partial charge in [-0.1, -0.05) is 6.42 Å². The molecule has 5 heteroatoms. The Morgan fingerprint density at radius 3 is 2.52 bits per heavy atom. The zero-order valence-electron chi connectivity index (χ0n) is 12.9. The highest BCUT2D eigenvalue weighted by atomic mass is 16.5. The van der Waals surface area contributed by atoms with Gasteiger partial charge in [-0.2, -0.15) is 0 Å². The van der Waals surface area contributed by atoms with Crippen molar-refractivity contribution in [2.24, 2.45) is 11.7 Å². The molecule has 1 saturated carbocycles. The Hall–Kier alpha value is -1.75. The summed E-state index contributed by atoms with van der Waals surface area (Å²) in [5, 5.41) is 3.00. The SMILES string of the molecule is COc1cc(C)c(NC(=O)C2CCCC(N)C2)cc1OC. The van der Waals surface area contributed by atoms with Crippen molar-refractivity contribution in [1.82, 2.24) is 0 Å². The lowest BCUT2D eigenvalue weighted by Crippen LogP contribution is -2.34. The number of nitrogens with one attached hydrogen (secondary N) is 1. The Bertz CT molecular complexity index is 516. The van der Waals surface area contributed by atoms with Gasteiger partial charge in [0.25, 0.3) is 0 Å². The summed E-state index contributed by atoms with van der Waals surface area (Å²) in [4.78, 5) is 12.4. The van der Waals surface area contributed by atoms with Crippen LogP contribution in [-0.2, 0) is 4.79 Å². The van der Waals surface area contributed by atoms with E-state index in [0.29, 0.717) is 11.5 Å². The molecule has 2 rings (SSSR count). The normalized spacial score (nSPS) is 21.7. The zero-order valence-corrected chi connectivity index (χ0v) is 12.9. The van der Waals surface area contributed by atoms with Crippen LogP contribution >= 0.6 is 0 Å². The maximum Gasteiger partial charge on any atom is 0.227 e. The molecule has 1 amide bonds. The fraction of sp³-hybridized carbons (Fsp3) is 0.562. The monoisotopic (exact) mass is 292 g/mol. The standard InChI is InChI=1S/C16H24N2O3/c1-10-7-14(20-2)15(21-3)9-13(10)18-16(19)11-5-4-6-12(17)8-11/h7,9,11-12H,4-6,8,17H2,1-3H3,(H,18,19). The van der Waals surface area contributed by atoms with Crippen LogP contribution in [0.15, 0.2) is 12.1 Å². The van der Waals surface area contributed by atoms with E-state index in [1.807, 2.05) is 13.0 Å². The van der Waals surface area contributed by atoms with Crippen LogP contribution in [0.4, 0.5) is 5.69 Å². The Kier molecular flexibility index (Phi) is 5.07. The molecule has 0 radical (unpaired) electrons. The molecule has 1 aliphatic rings. The number of carbonyl (C=O) groups excluding carboxylic acids is 1. The molecule has 3 N–H and O–H groups in total. The maximum absolute atomic E-state index is 12.4. The molecule has 2 atom stereocenters. The third-order valence-corrected chi connectivity index (χ3v) is 4.07. The van der Waals surface area contributed by atoms with Crippen molar-refractivity contribution in [3.8, 4) is 11.5 Å². The zero-order chi connectivity index (χ0) is 15.4. The molecule has 0 bridgehead atoms. The molecule has 1 aliphatic carbocycles. The quantitative estimate of drug-likeness (QED) is 0.894. The van der Waals surface area contributed by atoms with Crippen LogP contribution in [0.5, 0.6) is 11.5 Å². The molecule has 21 heavy (non-hydrogen) atoms. The van der Waals surface area contributed by atoms with Gasteiger partial charge in [-0.05, 0) is 37.8 Å². The molecule has 0 aliphatic heterocycles. The fourth-order valence-corrected chi connectivity index (χ4v) is 2.82. The lowest BCUT2D eigenvalue weighted by atomic mass is 9.85. The van der Waals surface area contributed by atoms with Gasteiger partial charge in [-0.3, -0.25) is 4.79 Å². The Labute approximate surface area is 125 Å². The summed E-state index contributed by atoms with van der Waals surface area (Å²) in [6, 6.07) is 3.80.